The minimum absolute atomic E-state index is 0.0568. The molecule has 2 rings (SSSR count). The standard InChI is InChI=1S/C15H23ClFN3/c1-8(2)9-5-3-4-6-12(9)20-15-11(19)7-10(18)13(16)14(15)17/h7-9,12,20H,3-6,18-19H2,1-2H3. The van der Waals surface area contributed by atoms with Crippen LogP contribution < -0.4 is 16.8 Å². The summed E-state index contributed by atoms with van der Waals surface area (Å²) in [5.74, 6) is 0.539. The molecule has 0 radical (unpaired) electrons. The number of anilines is 3. The molecule has 2 atom stereocenters. The second kappa shape index (κ2) is 6.08. The molecule has 1 aliphatic carbocycles. The molecule has 0 spiro atoms. The molecule has 1 aliphatic rings. The fourth-order valence-electron chi connectivity index (χ4n) is 3.14. The fourth-order valence-corrected chi connectivity index (χ4v) is 3.28. The Morgan fingerprint density at radius 2 is 1.90 bits per heavy atom. The van der Waals surface area contributed by atoms with Gasteiger partial charge in [0.15, 0.2) is 5.82 Å². The van der Waals surface area contributed by atoms with Crippen molar-refractivity contribution < 1.29 is 4.39 Å². The van der Waals surface area contributed by atoms with Crippen molar-refractivity contribution in [3.63, 3.8) is 0 Å². The number of nitrogens with two attached hydrogens (primary N) is 2. The van der Waals surface area contributed by atoms with Crippen LogP contribution in [0.15, 0.2) is 6.07 Å². The third-order valence-electron chi connectivity index (χ3n) is 4.27. The predicted molar refractivity (Wildman–Crippen MR) is 84.4 cm³/mol. The number of hydrogen-bond donors (Lipinski definition) is 3. The van der Waals surface area contributed by atoms with E-state index in [-0.39, 0.29) is 16.8 Å². The van der Waals surface area contributed by atoms with Gasteiger partial charge in [-0.05, 0) is 30.7 Å². The molecule has 2 unspecified atom stereocenters. The van der Waals surface area contributed by atoms with E-state index in [0.717, 1.165) is 12.8 Å². The second-order valence-electron chi connectivity index (χ2n) is 6.00. The average Bonchev–Trinajstić information content (AvgIpc) is 2.41. The number of benzene rings is 1. The largest absolute Gasteiger partial charge is 0.397 e. The van der Waals surface area contributed by atoms with Crippen molar-refractivity contribution in [1.82, 2.24) is 0 Å². The summed E-state index contributed by atoms with van der Waals surface area (Å²) in [6.45, 7) is 4.42. The summed E-state index contributed by atoms with van der Waals surface area (Å²) in [7, 11) is 0. The second-order valence-corrected chi connectivity index (χ2v) is 6.38. The lowest BCUT2D eigenvalue weighted by Gasteiger charge is -2.36. The highest BCUT2D eigenvalue weighted by molar-refractivity contribution is 6.33. The molecule has 0 amide bonds. The van der Waals surface area contributed by atoms with Gasteiger partial charge in [0.2, 0.25) is 0 Å². The molecule has 112 valence electrons. The maximum Gasteiger partial charge on any atom is 0.169 e. The summed E-state index contributed by atoms with van der Waals surface area (Å²) in [6.07, 6.45) is 4.59. The summed E-state index contributed by atoms with van der Waals surface area (Å²) in [5.41, 5.74) is 12.3. The number of hydrogen-bond acceptors (Lipinski definition) is 3. The van der Waals surface area contributed by atoms with Crippen LogP contribution in [0.1, 0.15) is 39.5 Å². The van der Waals surface area contributed by atoms with E-state index >= 15 is 0 Å². The topological polar surface area (TPSA) is 64.1 Å². The van der Waals surface area contributed by atoms with Crippen LogP contribution in [0.4, 0.5) is 21.5 Å². The lowest BCUT2D eigenvalue weighted by molar-refractivity contribution is 0.253. The lowest BCUT2D eigenvalue weighted by atomic mass is 9.77. The highest BCUT2D eigenvalue weighted by Crippen LogP contribution is 2.37. The Morgan fingerprint density at radius 3 is 2.55 bits per heavy atom. The Morgan fingerprint density at radius 1 is 1.25 bits per heavy atom. The van der Waals surface area contributed by atoms with Gasteiger partial charge in [0, 0.05) is 6.04 Å². The zero-order valence-corrected chi connectivity index (χ0v) is 12.8. The number of halogens is 2. The van der Waals surface area contributed by atoms with Crippen LogP contribution in [0.5, 0.6) is 0 Å². The number of rotatable bonds is 3. The third-order valence-corrected chi connectivity index (χ3v) is 4.65. The van der Waals surface area contributed by atoms with E-state index in [1.807, 2.05) is 0 Å². The predicted octanol–water partition coefficient (Wildman–Crippen LogP) is 4.27. The van der Waals surface area contributed by atoms with E-state index < -0.39 is 5.82 Å². The van der Waals surface area contributed by atoms with Gasteiger partial charge in [-0.25, -0.2) is 4.39 Å². The summed E-state index contributed by atoms with van der Waals surface area (Å²) in [6, 6.07) is 1.75. The molecule has 1 saturated carbocycles. The Hall–Kier alpha value is -1.16. The highest BCUT2D eigenvalue weighted by Gasteiger charge is 2.29. The molecule has 3 nitrogen and oxygen atoms in total. The number of nitrogen functional groups attached to an aromatic ring is 2. The Kier molecular flexibility index (Phi) is 4.63. The molecule has 1 aromatic rings. The van der Waals surface area contributed by atoms with Gasteiger partial charge in [-0.1, -0.05) is 38.3 Å². The Balaban J connectivity index is 2.27. The monoisotopic (exact) mass is 299 g/mol. The molecule has 0 aliphatic heterocycles. The van der Waals surface area contributed by atoms with Gasteiger partial charge in [-0.15, -0.1) is 0 Å². The molecule has 0 saturated heterocycles. The van der Waals surface area contributed by atoms with Crippen molar-refractivity contribution in [1.29, 1.82) is 0 Å². The van der Waals surface area contributed by atoms with Gasteiger partial charge in [0.05, 0.1) is 17.1 Å². The highest BCUT2D eigenvalue weighted by atomic mass is 35.5. The van der Waals surface area contributed by atoms with Crippen LogP contribution in [-0.2, 0) is 0 Å². The molecule has 0 bridgehead atoms. The van der Waals surface area contributed by atoms with Crippen molar-refractivity contribution >= 4 is 28.7 Å². The first-order valence-electron chi connectivity index (χ1n) is 7.21. The summed E-state index contributed by atoms with van der Waals surface area (Å²) >= 11 is 5.88. The van der Waals surface area contributed by atoms with Gasteiger partial charge >= 0.3 is 0 Å². The van der Waals surface area contributed by atoms with Gasteiger partial charge < -0.3 is 16.8 Å². The first kappa shape index (κ1) is 15.2. The Bertz CT molecular complexity index is 490. The Labute approximate surface area is 124 Å². The van der Waals surface area contributed by atoms with E-state index in [2.05, 4.69) is 19.2 Å². The van der Waals surface area contributed by atoms with Gasteiger partial charge in [-0.2, -0.15) is 0 Å². The molecule has 20 heavy (non-hydrogen) atoms. The van der Waals surface area contributed by atoms with Crippen LogP contribution in [0.3, 0.4) is 0 Å². The van der Waals surface area contributed by atoms with Crippen LogP contribution >= 0.6 is 11.6 Å². The summed E-state index contributed by atoms with van der Waals surface area (Å²) < 4.78 is 14.3. The molecule has 0 aromatic heterocycles. The van der Waals surface area contributed by atoms with Gasteiger partial charge in [-0.3, -0.25) is 0 Å². The molecule has 5 heteroatoms. The fraction of sp³-hybridized carbons (Fsp3) is 0.600. The van der Waals surface area contributed by atoms with Crippen molar-refractivity contribution in [2.45, 2.75) is 45.6 Å². The first-order valence-corrected chi connectivity index (χ1v) is 7.59. The molecular weight excluding hydrogens is 277 g/mol. The molecule has 5 N–H and O–H groups in total. The van der Waals surface area contributed by atoms with Crippen molar-refractivity contribution in [3.8, 4) is 0 Å². The zero-order valence-electron chi connectivity index (χ0n) is 12.0. The maximum atomic E-state index is 14.3. The SMILES string of the molecule is CC(C)C1CCCCC1Nc1c(N)cc(N)c(Cl)c1F. The molecule has 0 heterocycles. The average molecular weight is 300 g/mol. The van der Waals surface area contributed by atoms with E-state index in [4.69, 9.17) is 23.1 Å². The molecule has 1 fully saturated rings. The minimum Gasteiger partial charge on any atom is -0.397 e. The quantitative estimate of drug-likeness (QED) is 0.730. The van der Waals surface area contributed by atoms with Gasteiger partial charge in [0.1, 0.15) is 5.02 Å². The van der Waals surface area contributed by atoms with Crippen molar-refractivity contribution in [2.75, 3.05) is 16.8 Å². The lowest BCUT2D eigenvalue weighted by Crippen LogP contribution is -2.35. The van der Waals surface area contributed by atoms with E-state index in [9.17, 15) is 4.39 Å². The first-order chi connectivity index (χ1) is 9.41. The zero-order chi connectivity index (χ0) is 14.9. The van der Waals surface area contributed by atoms with E-state index in [1.54, 1.807) is 0 Å². The van der Waals surface area contributed by atoms with Crippen LogP contribution in [0, 0.1) is 17.7 Å². The van der Waals surface area contributed by atoms with Crippen molar-refractivity contribution in [2.24, 2.45) is 11.8 Å². The van der Waals surface area contributed by atoms with E-state index in [0.29, 0.717) is 23.2 Å². The van der Waals surface area contributed by atoms with E-state index in [1.165, 1.54) is 18.9 Å². The molecular formula is C15H23ClFN3. The van der Waals surface area contributed by atoms with Crippen LogP contribution in [0.25, 0.3) is 0 Å². The van der Waals surface area contributed by atoms with Gasteiger partial charge in [0.25, 0.3) is 0 Å². The van der Waals surface area contributed by atoms with Crippen LogP contribution in [-0.4, -0.2) is 6.04 Å². The molecule has 1 aromatic carbocycles. The maximum absolute atomic E-state index is 14.3. The smallest absolute Gasteiger partial charge is 0.169 e. The third kappa shape index (κ3) is 2.95. The van der Waals surface area contributed by atoms with Crippen LogP contribution in [0.2, 0.25) is 5.02 Å². The number of nitrogens with one attached hydrogen (secondary N) is 1. The van der Waals surface area contributed by atoms with Crippen molar-refractivity contribution in [3.05, 3.63) is 16.9 Å². The summed E-state index contributed by atoms with van der Waals surface area (Å²) in [4.78, 5) is 0. The summed E-state index contributed by atoms with van der Waals surface area (Å²) in [5, 5.41) is 3.22. The normalized spacial score (nSPS) is 23.1. The minimum atomic E-state index is -0.544.